The number of aromatic nitrogens is 3. The Kier molecular flexibility index (Phi) is 4.36. The Labute approximate surface area is 186 Å². The summed E-state index contributed by atoms with van der Waals surface area (Å²) < 4.78 is 2.05. The fraction of sp³-hybridized carbons (Fsp3) is 0.0714. The van der Waals surface area contributed by atoms with E-state index < -0.39 is 0 Å². The first-order chi connectivity index (χ1) is 15.8. The van der Waals surface area contributed by atoms with Crippen LogP contribution in [0.1, 0.15) is 11.3 Å². The molecular formula is C28H21N3O. The van der Waals surface area contributed by atoms with Crippen molar-refractivity contribution in [1.82, 2.24) is 14.8 Å². The minimum Gasteiger partial charge on any atom is -0.512 e. The van der Waals surface area contributed by atoms with Gasteiger partial charge in [-0.1, -0.05) is 72.8 Å². The molecule has 0 atom stereocenters. The highest BCUT2D eigenvalue weighted by molar-refractivity contribution is 5.86. The zero-order chi connectivity index (χ0) is 21.5. The molecule has 3 heterocycles. The molecule has 0 spiro atoms. The van der Waals surface area contributed by atoms with E-state index in [0.29, 0.717) is 18.7 Å². The molecule has 2 aromatic heterocycles. The van der Waals surface area contributed by atoms with Crippen LogP contribution in [0.25, 0.3) is 38.9 Å². The number of nitrogens with zero attached hydrogens (tertiary/aromatic N) is 3. The van der Waals surface area contributed by atoms with Crippen molar-refractivity contribution in [2.45, 2.75) is 13.0 Å². The van der Waals surface area contributed by atoms with Crippen molar-refractivity contribution < 1.29 is 5.11 Å². The third-order valence-electron chi connectivity index (χ3n) is 6.11. The molecule has 0 radical (unpaired) electrons. The SMILES string of the molecule is OC1=C(c2ccc3ncccc3c2)Cn2nc(-c3ccccc3)c(-c3ccccc3)c2C1. The highest BCUT2D eigenvalue weighted by Crippen LogP contribution is 2.39. The van der Waals surface area contributed by atoms with E-state index in [1.54, 1.807) is 6.20 Å². The minimum absolute atomic E-state index is 0.400. The lowest BCUT2D eigenvalue weighted by Gasteiger charge is -2.20. The topological polar surface area (TPSA) is 50.9 Å². The molecule has 0 saturated carbocycles. The summed E-state index contributed by atoms with van der Waals surface area (Å²) in [6, 6.07) is 30.7. The highest BCUT2D eigenvalue weighted by atomic mass is 16.3. The van der Waals surface area contributed by atoms with E-state index >= 15 is 0 Å². The molecule has 0 amide bonds. The molecule has 3 aromatic carbocycles. The lowest BCUT2D eigenvalue weighted by atomic mass is 9.93. The first-order valence-electron chi connectivity index (χ1n) is 10.7. The van der Waals surface area contributed by atoms with Crippen LogP contribution in [-0.4, -0.2) is 19.9 Å². The van der Waals surface area contributed by atoms with Crippen molar-refractivity contribution in [3.63, 3.8) is 0 Å². The molecule has 0 unspecified atom stereocenters. The number of fused-ring (bicyclic) bond motifs is 2. The van der Waals surface area contributed by atoms with Crippen molar-refractivity contribution in [3.05, 3.63) is 114 Å². The molecule has 154 valence electrons. The van der Waals surface area contributed by atoms with Crippen LogP contribution in [0.3, 0.4) is 0 Å². The Morgan fingerprint density at radius 1 is 0.750 bits per heavy atom. The lowest BCUT2D eigenvalue weighted by molar-refractivity contribution is 0.385. The van der Waals surface area contributed by atoms with Crippen LogP contribution >= 0.6 is 0 Å². The number of aliphatic hydroxyl groups is 1. The number of hydrogen-bond donors (Lipinski definition) is 1. The molecule has 0 bridgehead atoms. The lowest BCUT2D eigenvalue weighted by Crippen LogP contribution is -2.15. The quantitative estimate of drug-likeness (QED) is 0.377. The highest BCUT2D eigenvalue weighted by Gasteiger charge is 2.27. The maximum absolute atomic E-state index is 11.1. The zero-order valence-corrected chi connectivity index (χ0v) is 17.4. The van der Waals surface area contributed by atoms with E-state index in [0.717, 1.165) is 50.1 Å². The molecule has 0 saturated heterocycles. The van der Waals surface area contributed by atoms with Crippen molar-refractivity contribution in [1.29, 1.82) is 0 Å². The number of rotatable bonds is 3. The number of benzene rings is 3. The van der Waals surface area contributed by atoms with E-state index in [1.807, 2.05) is 65.3 Å². The molecule has 0 fully saturated rings. The van der Waals surface area contributed by atoms with Gasteiger partial charge < -0.3 is 5.11 Å². The second kappa shape index (κ2) is 7.50. The van der Waals surface area contributed by atoms with Gasteiger partial charge in [0.2, 0.25) is 0 Å². The van der Waals surface area contributed by atoms with Crippen LogP contribution in [0.2, 0.25) is 0 Å². The number of hydrogen-bond acceptors (Lipinski definition) is 3. The Morgan fingerprint density at radius 2 is 1.50 bits per heavy atom. The monoisotopic (exact) mass is 415 g/mol. The first-order valence-corrected chi connectivity index (χ1v) is 10.7. The van der Waals surface area contributed by atoms with E-state index in [1.165, 1.54) is 0 Å². The molecule has 4 nitrogen and oxygen atoms in total. The van der Waals surface area contributed by atoms with Crippen LogP contribution in [0.4, 0.5) is 0 Å². The average molecular weight is 415 g/mol. The standard InChI is InChI=1S/C28H21N3O/c32-26-17-25-27(19-8-3-1-4-9-19)28(20-10-5-2-6-11-20)30-31(25)18-23(26)21-13-14-24-22(16-21)12-7-15-29-24/h1-16,32H,17-18H2. The van der Waals surface area contributed by atoms with Crippen molar-refractivity contribution >= 4 is 16.5 Å². The normalized spacial score (nSPS) is 13.4. The predicted octanol–water partition coefficient (Wildman–Crippen LogP) is 6.29. The summed E-state index contributed by atoms with van der Waals surface area (Å²) in [5.41, 5.74) is 8.13. The van der Waals surface area contributed by atoms with E-state index in [4.69, 9.17) is 5.10 Å². The summed E-state index contributed by atoms with van der Waals surface area (Å²) in [4.78, 5) is 4.41. The Hall–Kier alpha value is -4.18. The van der Waals surface area contributed by atoms with Gasteiger partial charge in [-0.05, 0) is 29.3 Å². The zero-order valence-electron chi connectivity index (χ0n) is 17.4. The molecule has 1 aliphatic rings. The fourth-order valence-corrected chi connectivity index (χ4v) is 4.54. The van der Waals surface area contributed by atoms with Crippen LogP contribution in [0.5, 0.6) is 0 Å². The van der Waals surface area contributed by atoms with Gasteiger partial charge >= 0.3 is 0 Å². The largest absolute Gasteiger partial charge is 0.512 e. The van der Waals surface area contributed by atoms with Gasteiger partial charge in [0.05, 0.1) is 17.8 Å². The average Bonchev–Trinajstić information content (AvgIpc) is 3.22. The number of allylic oxidation sites excluding steroid dienone is 2. The summed E-state index contributed by atoms with van der Waals surface area (Å²) in [6.45, 7) is 0.527. The second-order valence-corrected chi connectivity index (χ2v) is 8.07. The van der Waals surface area contributed by atoms with Gasteiger partial charge in [0.1, 0.15) is 11.5 Å². The fourth-order valence-electron chi connectivity index (χ4n) is 4.54. The Balaban J connectivity index is 1.49. The van der Waals surface area contributed by atoms with Gasteiger partial charge in [-0.25, -0.2) is 0 Å². The third kappa shape index (κ3) is 3.08. The van der Waals surface area contributed by atoms with Gasteiger partial charge in [0.25, 0.3) is 0 Å². The van der Waals surface area contributed by atoms with E-state index in [2.05, 4.69) is 35.3 Å². The smallest absolute Gasteiger partial charge is 0.104 e. The second-order valence-electron chi connectivity index (χ2n) is 8.07. The van der Waals surface area contributed by atoms with Crippen molar-refractivity contribution in [3.8, 4) is 22.4 Å². The van der Waals surface area contributed by atoms with Crippen molar-refractivity contribution in [2.75, 3.05) is 0 Å². The van der Waals surface area contributed by atoms with Gasteiger partial charge in [-0.3, -0.25) is 9.67 Å². The van der Waals surface area contributed by atoms with Crippen LogP contribution < -0.4 is 0 Å². The maximum Gasteiger partial charge on any atom is 0.104 e. The summed E-state index contributed by atoms with van der Waals surface area (Å²) in [5.74, 6) is 0.400. The maximum atomic E-state index is 11.1. The van der Waals surface area contributed by atoms with Gasteiger partial charge in [-0.15, -0.1) is 0 Å². The van der Waals surface area contributed by atoms with Gasteiger partial charge in [0.15, 0.2) is 0 Å². The van der Waals surface area contributed by atoms with E-state index in [-0.39, 0.29) is 0 Å². The molecule has 0 aliphatic carbocycles. The van der Waals surface area contributed by atoms with Crippen LogP contribution in [0.15, 0.2) is 103 Å². The molecule has 1 N–H and O–H groups in total. The van der Waals surface area contributed by atoms with Crippen molar-refractivity contribution in [2.24, 2.45) is 0 Å². The Bertz CT molecular complexity index is 1470. The number of aliphatic hydroxyl groups excluding tert-OH is 1. The molecular weight excluding hydrogens is 394 g/mol. The van der Waals surface area contributed by atoms with Gasteiger partial charge in [-0.2, -0.15) is 5.10 Å². The summed E-state index contributed by atoms with van der Waals surface area (Å²) in [5, 5.41) is 17.2. The predicted molar refractivity (Wildman–Crippen MR) is 128 cm³/mol. The van der Waals surface area contributed by atoms with E-state index in [9.17, 15) is 5.11 Å². The molecule has 4 heteroatoms. The molecule has 1 aliphatic heterocycles. The summed E-state index contributed by atoms with van der Waals surface area (Å²) in [7, 11) is 0. The molecule has 5 aromatic rings. The first kappa shape index (κ1) is 18.6. The molecule has 32 heavy (non-hydrogen) atoms. The van der Waals surface area contributed by atoms with Crippen LogP contribution in [0, 0.1) is 0 Å². The van der Waals surface area contributed by atoms with Crippen LogP contribution in [-0.2, 0) is 13.0 Å². The number of pyridine rings is 1. The summed E-state index contributed by atoms with van der Waals surface area (Å²) in [6.07, 6.45) is 2.25. The summed E-state index contributed by atoms with van der Waals surface area (Å²) >= 11 is 0. The van der Waals surface area contributed by atoms with Gasteiger partial charge in [0, 0.05) is 34.7 Å². The third-order valence-corrected chi connectivity index (χ3v) is 6.11. The minimum atomic E-state index is 0.400. The Morgan fingerprint density at radius 3 is 2.28 bits per heavy atom. The molecule has 6 rings (SSSR count).